The fourth-order valence-corrected chi connectivity index (χ4v) is 2.76. The van der Waals surface area contributed by atoms with Crippen LogP contribution in [0.25, 0.3) is 0 Å². The molecule has 3 rings (SSSR count). The first kappa shape index (κ1) is 13.9. The topological polar surface area (TPSA) is 68.3 Å². The van der Waals surface area contributed by atoms with Gasteiger partial charge in [-0.05, 0) is 19.9 Å². The highest BCUT2D eigenvalue weighted by Crippen LogP contribution is 2.49. The molecule has 0 aliphatic carbocycles. The molecule has 2 heterocycles. The monoisotopic (exact) mass is 290 g/mol. The van der Waals surface area contributed by atoms with E-state index in [0.717, 1.165) is 11.1 Å². The maximum atomic E-state index is 12.1. The number of carbonyl (C=O) groups excluding carboxylic acids is 1. The van der Waals surface area contributed by atoms with Crippen LogP contribution in [-0.4, -0.2) is 29.9 Å². The van der Waals surface area contributed by atoms with E-state index in [2.05, 4.69) is 0 Å². The van der Waals surface area contributed by atoms with Gasteiger partial charge in [-0.15, -0.1) is 0 Å². The van der Waals surface area contributed by atoms with E-state index in [0.29, 0.717) is 24.5 Å². The average molecular weight is 290 g/mol. The molecule has 0 saturated carbocycles. The summed E-state index contributed by atoms with van der Waals surface area (Å²) in [5.41, 5.74) is 1.39. The molecule has 21 heavy (non-hydrogen) atoms. The molecule has 1 saturated heterocycles. The van der Waals surface area contributed by atoms with Gasteiger partial charge in [0, 0.05) is 22.6 Å². The second kappa shape index (κ2) is 4.77. The first-order valence-corrected chi connectivity index (χ1v) is 7.02. The van der Waals surface area contributed by atoms with Crippen LogP contribution in [0.15, 0.2) is 24.0 Å². The van der Waals surface area contributed by atoms with Crippen molar-refractivity contribution in [3.05, 3.63) is 35.1 Å². The summed E-state index contributed by atoms with van der Waals surface area (Å²) in [7, 11) is 0. The van der Waals surface area contributed by atoms with E-state index in [4.69, 9.17) is 14.2 Å². The van der Waals surface area contributed by atoms with Crippen LogP contribution in [0.3, 0.4) is 0 Å². The minimum absolute atomic E-state index is 0.0417. The van der Waals surface area contributed by atoms with Gasteiger partial charge in [0.1, 0.15) is 11.5 Å². The lowest BCUT2D eigenvalue weighted by Crippen LogP contribution is -2.33. The number of carbonyl (C=O) groups is 1. The molecule has 2 unspecified atom stereocenters. The van der Waals surface area contributed by atoms with E-state index >= 15 is 0 Å². The highest BCUT2D eigenvalue weighted by molar-refractivity contribution is 5.87. The number of phenolic OH excluding ortho intramolecular Hbond substituents is 1. The molecule has 2 aliphatic heterocycles. The van der Waals surface area contributed by atoms with Gasteiger partial charge in [-0.3, -0.25) is 0 Å². The minimum Gasteiger partial charge on any atom is -0.508 e. The number of hydrogen-bond donors (Lipinski definition) is 1. The van der Waals surface area contributed by atoms with Gasteiger partial charge in [0.2, 0.25) is 5.60 Å². The van der Waals surface area contributed by atoms with Gasteiger partial charge in [0.05, 0.1) is 19.5 Å². The Labute approximate surface area is 123 Å². The van der Waals surface area contributed by atoms with Crippen molar-refractivity contribution in [1.29, 1.82) is 0 Å². The van der Waals surface area contributed by atoms with Crippen LogP contribution in [0.2, 0.25) is 0 Å². The number of phenols is 1. The highest BCUT2D eigenvalue weighted by Gasteiger charge is 2.59. The summed E-state index contributed by atoms with van der Waals surface area (Å²) in [4.78, 5) is 12.1. The normalized spacial score (nSPS) is 26.4. The lowest BCUT2D eigenvalue weighted by atomic mass is 9.83. The molecule has 5 heteroatoms. The second-order valence-corrected chi connectivity index (χ2v) is 5.38. The SMILES string of the molecule is CCOC(=O)C1(C2=COc3c(ccc(O)c3C)C2C)CO1. The largest absolute Gasteiger partial charge is 0.508 e. The van der Waals surface area contributed by atoms with Crippen molar-refractivity contribution >= 4 is 5.97 Å². The molecule has 0 aromatic heterocycles. The van der Waals surface area contributed by atoms with E-state index in [1.165, 1.54) is 0 Å². The zero-order valence-electron chi connectivity index (χ0n) is 12.3. The predicted molar refractivity (Wildman–Crippen MR) is 75.3 cm³/mol. The quantitative estimate of drug-likeness (QED) is 0.684. The van der Waals surface area contributed by atoms with E-state index in [1.807, 2.05) is 13.0 Å². The van der Waals surface area contributed by atoms with Crippen molar-refractivity contribution in [2.24, 2.45) is 0 Å². The second-order valence-electron chi connectivity index (χ2n) is 5.38. The number of fused-ring (bicyclic) bond motifs is 1. The number of benzene rings is 1. The lowest BCUT2D eigenvalue weighted by molar-refractivity contribution is -0.148. The van der Waals surface area contributed by atoms with Gasteiger partial charge < -0.3 is 19.3 Å². The van der Waals surface area contributed by atoms with Gasteiger partial charge in [-0.2, -0.15) is 0 Å². The molecular weight excluding hydrogens is 272 g/mol. The summed E-state index contributed by atoms with van der Waals surface area (Å²) >= 11 is 0. The van der Waals surface area contributed by atoms with Gasteiger partial charge >= 0.3 is 5.97 Å². The van der Waals surface area contributed by atoms with E-state index in [1.54, 1.807) is 26.2 Å². The molecule has 2 atom stereocenters. The molecular formula is C16H18O5. The highest BCUT2D eigenvalue weighted by atomic mass is 16.6. The Morgan fingerprint density at radius 1 is 1.52 bits per heavy atom. The summed E-state index contributed by atoms with van der Waals surface area (Å²) in [6.07, 6.45) is 1.56. The van der Waals surface area contributed by atoms with Crippen LogP contribution in [0.1, 0.15) is 30.9 Å². The fraction of sp³-hybridized carbons (Fsp3) is 0.438. The summed E-state index contributed by atoms with van der Waals surface area (Å²) < 4.78 is 16.2. The standard InChI is InChI=1S/C16H18O5/c1-4-19-15(18)16(8-21-16)12-7-20-14-10(3)13(17)6-5-11(14)9(12)2/h5-7,9,17H,4,8H2,1-3H3. The van der Waals surface area contributed by atoms with Crippen molar-refractivity contribution < 1.29 is 24.1 Å². The first-order valence-electron chi connectivity index (χ1n) is 7.02. The molecule has 2 aliphatic rings. The number of ether oxygens (including phenoxy) is 3. The number of esters is 1. The van der Waals surface area contributed by atoms with Crippen LogP contribution in [0, 0.1) is 6.92 Å². The van der Waals surface area contributed by atoms with Crippen molar-refractivity contribution in [2.75, 3.05) is 13.2 Å². The fourth-order valence-electron chi connectivity index (χ4n) is 2.76. The summed E-state index contributed by atoms with van der Waals surface area (Å²) in [5.74, 6) is 0.428. The Morgan fingerprint density at radius 3 is 2.86 bits per heavy atom. The third-order valence-electron chi connectivity index (χ3n) is 4.15. The summed E-state index contributed by atoms with van der Waals surface area (Å²) in [6.45, 7) is 6.19. The van der Waals surface area contributed by atoms with E-state index in [-0.39, 0.29) is 17.6 Å². The zero-order valence-corrected chi connectivity index (χ0v) is 12.3. The number of rotatable bonds is 3. The van der Waals surface area contributed by atoms with Gasteiger partial charge in [-0.25, -0.2) is 4.79 Å². The molecule has 112 valence electrons. The minimum atomic E-state index is -1.00. The van der Waals surface area contributed by atoms with Crippen molar-refractivity contribution in [2.45, 2.75) is 32.3 Å². The predicted octanol–water partition coefficient (Wildman–Crippen LogP) is 2.41. The van der Waals surface area contributed by atoms with Gasteiger partial charge in [0.25, 0.3) is 0 Å². The average Bonchev–Trinajstić information content (AvgIpc) is 3.25. The van der Waals surface area contributed by atoms with Crippen LogP contribution in [0.5, 0.6) is 11.5 Å². The Morgan fingerprint density at radius 2 is 2.24 bits per heavy atom. The maximum absolute atomic E-state index is 12.1. The molecule has 0 bridgehead atoms. The Balaban J connectivity index is 1.96. The van der Waals surface area contributed by atoms with Crippen LogP contribution >= 0.6 is 0 Å². The number of epoxide rings is 1. The van der Waals surface area contributed by atoms with Crippen molar-refractivity contribution in [3.63, 3.8) is 0 Å². The third-order valence-corrected chi connectivity index (χ3v) is 4.15. The summed E-state index contributed by atoms with van der Waals surface area (Å²) in [6, 6.07) is 3.46. The molecule has 1 aromatic carbocycles. The molecule has 0 spiro atoms. The maximum Gasteiger partial charge on any atom is 0.345 e. The zero-order chi connectivity index (χ0) is 15.2. The molecule has 1 fully saturated rings. The smallest absolute Gasteiger partial charge is 0.345 e. The van der Waals surface area contributed by atoms with E-state index < -0.39 is 5.60 Å². The van der Waals surface area contributed by atoms with Gasteiger partial charge in [-0.1, -0.05) is 13.0 Å². The Hall–Kier alpha value is -2.01. The van der Waals surface area contributed by atoms with Crippen LogP contribution < -0.4 is 4.74 Å². The third kappa shape index (κ3) is 2.00. The van der Waals surface area contributed by atoms with Crippen LogP contribution in [-0.2, 0) is 14.3 Å². The van der Waals surface area contributed by atoms with Crippen LogP contribution in [0.4, 0.5) is 0 Å². The van der Waals surface area contributed by atoms with Crippen molar-refractivity contribution in [3.8, 4) is 11.5 Å². The molecule has 0 amide bonds. The number of hydrogen-bond acceptors (Lipinski definition) is 5. The molecule has 1 aromatic rings. The van der Waals surface area contributed by atoms with Gasteiger partial charge in [0.15, 0.2) is 0 Å². The summed E-state index contributed by atoms with van der Waals surface area (Å²) in [5, 5.41) is 9.76. The Kier molecular flexibility index (Phi) is 3.17. The first-order chi connectivity index (χ1) is 10.0. The molecule has 0 radical (unpaired) electrons. The Bertz CT molecular complexity index is 628. The molecule has 5 nitrogen and oxygen atoms in total. The number of aromatic hydroxyl groups is 1. The lowest BCUT2D eigenvalue weighted by Gasteiger charge is -2.28. The van der Waals surface area contributed by atoms with Crippen molar-refractivity contribution in [1.82, 2.24) is 0 Å². The van der Waals surface area contributed by atoms with E-state index in [9.17, 15) is 9.90 Å². The molecule has 1 N–H and O–H groups in total.